The second kappa shape index (κ2) is 6.75. The van der Waals surface area contributed by atoms with Crippen LogP contribution in [0, 0.1) is 5.92 Å². The molecule has 1 aliphatic heterocycles. The van der Waals surface area contributed by atoms with Crippen molar-refractivity contribution in [3.05, 3.63) is 18.3 Å². The summed E-state index contributed by atoms with van der Waals surface area (Å²) in [6.45, 7) is 10.3. The van der Waals surface area contributed by atoms with Crippen LogP contribution in [0.4, 0.5) is 11.5 Å². The molecule has 1 aromatic heterocycles. The van der Waals surface area contributed by atoms with Gasteiger partial charge in [-0.1, -0.05) is 26.7 Å². The van der Waals surface area contributed by atoms with Gasteiger partial charge in [0.1, 0.15) is 5.82 Å². The van der Waals surface area contributed by atoms with Crippen LogP contribution < -0.4 is 10.6 Å². The summed E-state index contributed by atoms with van der Waals surface area (Å²) in [6, 6.07) is 3.95. The Balaban J connectivity index is 1.83. The molecule has 4 nitrogen and oxygen atoms in total. The molecule has 0 radical (unpaired) electrons. The minimum Gasteiger partial charge on any atom is -0.397 e. The van der Waals surface area contributed by atoms with Crippen molar-refractivity contribution in [2.75, 3.05) is 43.4 Å². The van der Waals surface area contributed by atoms with Crippen molar-refractivity contribution >= 4 is 11.5 Å². The standard InChI is InChI=1S/C15H26N4/c1-3-13(4-2)12-18-7-9-19(10-8-18)15-6-5-14(16)11-17-15/h5-6,11,13H,3-4,7-10,12,16H2,1-2H3. The first-order valence-corrected chi connectivity index (χ1v) is 7.41. The molecular weight excluding hydrogens is 236 g/mol. The van der Waals surface area contributed by atoms with Gasteiger partial charge < -0.3 is 10.6 Å². The highest BCUT2D eigenvalue weighted by atomic mass is 15.3. The lowest BCUT2D eigenvalue weighted by molar-refractivity contribution is 0.212. The zero-order valence-corrected chi connectivity index (χ0v) is 12.2. The van der Waals surface area contributed by atoms with E-state index in [9.17, 15) is 0 Å². The SMILES string of the molecule is CCC(CC)CN1CCN(c2ccc(N)cn2)CC1. The average molecular weight is 262 g/mol. The van der Waals surface area contributed by atoms with E-state index in [0.717, 1.165) is 43.6 Å². The van der Waals surface area contributed by atoms with Gasteiger partial charge in [0.05, 0.1) is 11.9 Å². The first kappa shape index (κ1) is 14.1. The van der Waals surface area contributed by atoms with Crippen LogP contribution in [0.2, 0.25) is 0 Å². The van der Waals surface area contributed by atoms with E-state index in [1.54, 1.807) is 6.20 Å². The van der Waals surface area contributed by atoms with Gasteiger partial charge in [-0.25, -0.2) is 4.98 Å². The van der Waals surface area contributed by atoms with Crippen LogP contribution in [0.3, 0.4) is 0 Å². The highest BCUT2D eigenvalue weighted by molar-refractivity contribution is 5.46. The predicted molar refractivity (Wildman–Crippen MR) is 81.4 cm³/mol. The first-order chi connectivity index (χ1) is 9.22. The van der Waals surface area contributed by atoms with Crippen molar-refractivity contribution in [2.45, 2.75) is 26.7 Å². The molecule has 2 rings (SSSR count). The minimum absolute atomic E-state index is 0.733. The molecule has 2 heterocycles. The highest BCUT2D eigenvalue weighted by Crippen LogP contribution is 2.16. The fraction of sp³-hybridized carbons (Fsp3) is 0.667. The van der Waals surface area contributed by atoms with Gasteiger partial charge >= 0.3 is 0 Å². The number of pyridine rings is 1. The second-order valence-corrected chi connectivity index (χ2v) is 5.42. The molecule has 0 aromatic carbocycles. The summed E-state index contributed by atoms with van der Waals surface area (Å²) in [4.78, 5) is 9.34. The molecule has 0 bridgehead atoms. The summed E-state index contributed by atoms with van der Waals surface area (Å²) in [5.74, 6) is 1.90. The lowest BCUT2D eigenvalue weighted by Gasteiger charge is -2.36. The largest absolute Gasteiger partial charge is 0.397 e. The van der Waals surface area contributed by atoms with E-state index in [1.807, 2.05) is 12.1 Å². The van der Waals surface area contributed by atoms with Crippen LogP contribution in [0.15, 0.2) is 18.3 Å². The fourth-order valence-corrected chi connectivity index (χ4v) is 2.66. The van der Waals surface area contributed by atoms with Gasteiger partial charge in [0.2, 0.25) is 0 Å². The Morgan fingerprint density at radius 1 is 1.16 bits per heavy atom. The molecule has 1 fully saturated rings. The molecule has 1 aromatic rings. The Labute approximate surface area is 116 Å². The molecule has 0 atom stereocenters. The molecule has 0 saturated carbocycles. The number of nitrogen functional groups attached to an aromatic ring is 1. The number of hydrogen-bond acceptors (Lipinski definition) is 4. The van der Waals surface area contributed by atoms with E-state index < -0.39 is 0 Å². The Kier molecular flexibility index (Phi) is 5.02. The normalized spacial score (nSPS) is 17.1. The lowest BCUT2D eigenvalue weighted by atomic mass is 10.0. The van der Waals surface area contributed by atoms with Crippen LogP contribution in [-0.2, 0) is 0 Å². The van der Waals surface area contributed by atoms with Gasteiger partial charge in [0.25, 0.3) is 0 Å². The zero-order valence-electron chi connectivity index (χ0n) is 12.2. The maximum atomic E-state index is 5.67. The third-order valence-electron chi connectivity index (χ3n) is 4.14. The molecule has 1 saturated heterocycles. The highest BCUT2D eigenvalue weighted by Gasteiger charge is 2.19. The quantitative estimate of drug-likeness (QED) is 0.884. The van der Waals surface area contributed by atoms with Crippen molar-refractivity contribution in [3.8, 4) is 0 Å². The number of anilines is 2. The van der Waals surface area contributed by atoms with Crippen molar-refractivity contribution in [1.82, 2.24) is 9.88 Å². The van der Waals surface area contributed by atoms with Gasteiger partial charge in [0, 0.05) is 32.7 Å². The van der Waals surface area contributed by atoms with Crippen LogP contribution in [0.25, 0.3) is 0 Å². The molecule has 0 unspecified atom stereocenters. The van der Waals surface area contributed by atoms with E-state index in [0.29, 0.717) is 0 Å². The summed E-state index contributed by atoms with van der Waals surface area (Å²) >= 11 is 0. The van der Waals surface area contributed by atoms with Gasteiger partial charge in [-0.05, 0) is 18.1 Å². The lowest BCUT2D eigenvalue weighted by Crippen LogP contribution is -2.48. The Bertz CT molecular complexity index is 364. The number of aromatic nitrogens is 1. The molecule has 106 valence electrons. The van der Waals surface area contributed by atoms with E-state index in [1.165, 1.54) is 19.4 Å². The average Bonchev–Trinajstić information content (AvgIpc) is 2.46. The van der Waals surface area contributed by atoms with Crippen molar-refractivity contribution in [2.24, 2.45) is 5.92 Å². The van der Waals surface area contributed by atoms with Gasteiger partial charge in [-0.3, -0.25) is 4.90 Å². The predicted octanol–water partition coefficient (Wildman–Crippen LogP) is 2.22. The third-order valence-corrected chi connectivity index (χ3v) is 4.14. The van der Waals surface area contributed by atoms with Crippen LogP contribution in [0.5, 0.6) is 0 Å². The van der Waals surface area contributed by atoms with Crippen molar-refractivity contribution in [1.29, 1.82) is 0 Å². The number of piperazine rings is 1. The molecule has 1 aliphatic rings. The monoisotopic (exact) mass is 262 g/mol. The summed E-state index contributed by atoms with van der Waals surface area (Å²) in [6.07, 6.45) is 4.32. The van der Waals surface area contributed by atoms with Crippen LogP contribution in [-0.4, -0.2) is 42.6 Å². The van der Waals surface area contributed by atoms with E-state index in [4.69, 9.17) is 5.73 Å². The second-order valence-electron chi connectivity index (χ2n) is 5.42. The van der Waals surface area contributed by atoms with Gasteiger partial charge in [-0.15, -0.1) is 0 Å². The molecule has 0 amide bonds. The van der Waals surface area contributed by atoms with Crippen LogP contribution in [0.1, 0.15) is 26.7 Å². The number of rotatable bonds is 5. The molecule has 0 aliphatic carbocycles. The molecule has 4 heteroatoms. The first-order valence-electron chi connectivity index (χ1n) is 7.41. The topological polar surface area (TPSA) is 45.4 Å². The summed E-state index contributed by atoms with van der Waals surface area (Å²) in [5.41, 5.74) is 6.41. The number of hydrogen-bond donors (Lipinski definition) is 1. The van der Waals surface area contributed by atoms with Crippen molar-refractivity contribution < 1.29 is 0 Å². The summed E-state index contributed by atoms with van der Waals surface area (Å²) < 4.78 is 0. The van der Waals surface area contributed by atoms with Crippen LogP contribution >= 0.6 is 0 Å². The van der Waals surface area contributed by atoms with Crippen molar-refractivity contribution in [3.63, 3.8) is 0 Å². The number of nitrogens with zero attached hydrogens (tertiary/aromatic N) is 3. The number of nitrogens with two attached hydrogens (primary N) is 1. The molecule has 2 N–H and O–H groups in total. The molecular formula is C15H26N4. The zero-order chi connectivity index (χ0) is 13.7. The van der Waals surface area contributed by atoms with E-state index in [-0.39, 0.29) is 0 Å². The fourth-order valence-electron chi connectivity index (χ4n) is 2.66. The molecule has 19 heavy (non-hydrogen) atoms. The summed E-state index contributed by atoms with van der Waals surface area (Å²) in [7, 11) is 0. The maximum Gasteiger partial charge on any atom is 0.128 e. The Morgan fingerprint density at radius 3 is 2.37 bits per heavy atom. The van der Waals surface area contributed by atoms with E-state index >= 15 is 0 Å². The van der Waals surface area contributed by atoms with Gasteiger partial charge in [-0.2, -0.15) is 0 Å². The van der Waals surface area contributed by atoms with E-state index in [2.05, 4.69) is 28.6 Å². The molecule has 0 spiro atoms. The Morgan fingerprint density at radius 2 is 1.84 bits per heavy atom. The smallest absolute Gasteiger partial charge is 0.128 e. The third kappa shape index (κ3) is 3.83. The maximum absolute atomic E-state index is 5.67. The summed E-state index contributed by atoms with van der Waals surface area (Å²) in [5, 5.41) is 0. The minimum atomic E-state index is 0.733. The Hall–Kier alpha value is -1.29. The van der Waals surface area contributed by atoms with Gasteiger partial charge in [0.15, 0.2) is 0 Å².